The van der Waals surface area contributed by atoms with E-state index in [2.05, 4.69) is 10.2 Å². The summed E-state index contributed by atoms with van der Waals surface area (Å²) in [5, 5.41) is 6.86. The second-order valence-corrected chi connectivity index (χ2v) is 2.71. The van der Waals surface area contributed by atoms with Gasteiger partial charge in [-0.3, -0.25) is 9.59 Å². The van der Waals surface area contributed by atoms with Gasteiger partial charge in [0.2, 0.25) is 11.8 Å². The Bertz CT molecular complexity index is 359. The zero-order valence-electron chi connectivity index (χ0n) is 7.71. The summed E-state index contributed by atoms with van der Waals surface area (Å²) >= 11 is 0. The van der Waals surface area contributed by atoms with Gasteiger partial charge < -0.3 is 26.5 Å². The van der Waals surface area contributed by atoms with E-state index in [0.717, 1.165) is 4.90 Å². The Morgan fingerprint density at radius 1 is 1.20 bits per heavy atom. The van der Waals surface area contributed by atoms with Gasteiger partial charge in [0, 0.05) is 0 Å². The molecular formula is C6H10N6O3. The summed E-state index contributed by atoms with van der Waals surface area (Å²) in [4.78, 5) is 22.5. The van der Waals surface area contributed by atoms with E-state index in [1.165, 1.54) is 0 Å². The highest BCUT2D eigenvalue weighted by Gasteiger charge is 2.17. The first kappa shape index (κ1) is 10.8. The van der Waals surface area contributed by atoms with Crippen LogP contribution in [-0.2, 0) is 9.59 Å². The van der Waals surface area contributed by atoms with Crippen molar-refractivity contribution in [3.8, 4) is 0 Å². The van der Waals surface area contributed by atoms with Crippen molar-refractivity contribution in [3.63, 3.8) is 0 Å². The van der Waals surface area contributed by atoms with Crippen LogP contribution in [0.4, 0.5) is 12.0 Å². The first-order valence-corrected chi connectivity index (χ1v) is 3.89. The fraction of sp³-hybridized carbons (Fsp3) is 0.333. The molecule has 0 spiro atoms. The van der Waals surface area contributed by atoms with Gasteiger partial charge in [-0.15, -0.1) is 0 Å². The van der Waals surface area contributed by atoms with Crippen molar-refractivity contribution in [2.24, 2.45) is 11.5 Å². The molecule has 0 aliphatic rings. The zero-order valence-corrected chi connectivity index (χ0v) is 7.71. The number of anilines is 2. The molecule has 9 heteroatoms. The number of amides is 2. The normalized spacial score (nSPS) is 9.87. The quantitative estimate of drug-likeness (QED) is 0.486. The summed E-state index contributed by atoms with van der Waals surface area (Å²) in [6.45, 7) is -0.519. The van der Waals surface area contributed by atoms with Gasteiger partial charge in [-0.05, 0) is 0 Å². The molecule has 82 valence electrons. The van der Waals surface area contributed by atoms with Gasteiger partial charge in [-0.2, -0.15) is 0 Å². The molecule has 0 fully saturated rings. The first-order valence-electron chi connectivity index (χ1n) is 3.89. The van der Waals surface area contributed by atoms with E-state index < -0.39 is 11.8 Å². The van der Waals surface area contributed by atoms with E-state index >= 15 is 0 Å². The van der Waals surface area contributed by atoms with Crippen LogP contribution in [0.1, 0.15) is 0 Å². The van der Waals surface area contributed by atoms with E-state index in [4.69, 9.17) is 21.6 Å². The third kappa shape index (κ3) is 3.14. The number of rotatable bonds is 5. The average molecular weight is 214 g/mol. The molecule has 0 unspecified atom stereocenters. The molecule has 0 aliphatic carbocycles. The first-order chi connectivity index (χ1) is 6.99. The Balaban J connectivity index is 2.80. The summed E-state index contributed by atoms with van der Waals surface area (Å²) in [5.74, 6) is -1.32. The number of nitrogen functional groups attached to an aromatic ring is 1. The lowest BCUT2D eigenvalue weighted by Gasteiger charge is -2.15. The van der Waals surface area contributed by atoms with Crippen LogP contribution < -0.4 is 22.1 Å². The van der Waals surface area contributed by atoms with Crippen LogP contribution in [0.15, 0.2) is 4.42 Å². The van der Waals surface area contributed by atoms with Gasteiger partial charge in [0.05, 0.1) is 0 Å². The van der Waals surface area contributed by atoms with Crippen LogP contribution in [-0.4, -0.2) is 35.1 Å². The maximum atomic E-state index is 10.7. The van der Waals surface area contributed by atoms with Crippen molar-refractivity contribution in [2.45, 2.75) is 0 Å². The molecule has 0 aromatic carbocycles. The van der Waals surface area contributed by atoms with Crippen molar-refractivity contribution >= 4 is 23.8 Å². The minimum absolute atomic E-state index is 0.0786. The Labute approximate surface area is 84.2 Å². The van der Waals surface area contributed by atoms with Crippen molar-refractivity contribution in [1.82, 2.24) is 10.2 Å². The highest BCUT2D eigenvalue weighted by atomic mass is 16.4. The molecule has 0 saturated carbocycles. The second kappa shape index (κ2) is 4.26. The largest absolute Gasteiger partial charge is 0.390 e. The fourth-order valence-corrected chi connectivity index (χ4v) is 0.922. The topological polar surface area (TPSA) is 154 Å². The van der Waals surface area contributed by atoms with Gasteiger partial charge in [0.25, 0.3) is 0 Å². The van der Waals surface area contributed by atoms with E-state index in [9.17, 15) is 9.59 Å². The SMILES string of the molecule is NC(=O)CN(CC(N)=O)c1nnc(N)o1. The maximum Gasteiger partial charge on any atom is 0.320 e. The van der Waals surface area contributed by atoms with Crippen molar-refractivity contribution < 1.29 is 14.0 Å². The molecule has 1 aromatic rings. The van der Waals surface area contributed by atoms with Gasteiger partial charge in [-0.25, -0.2) is 0 Å². The minimum atomic E-state index is -0.659. The fourth-order valence-electron chi connectivity index (χ4n) is 0.922. The predicted octanol–water partition coefficient (Wildman–Crippen LogP) is -2.57. The number of nitrogens with two attached hydrogens (primary N) is 3. The number of carbonyl (C=O) groups excluding carboxylic acids is 2. The Hall–Kier alpha value is -2.32. The monoisotopic (exact) mass is 214 g/mol. The molecule has 0 atom stereocenters. The average Bonchev–Trinajstić information content (AvgIpc) is 2.48. The highest BCUT2D eigenvalue weighted by molar-refractivity contribution is 5.83. The second-order valence-electron chi connectivity index (χ2n) is 2.71. The third-order valence-corrected chi connectivity index (χ3v) is 1.39. The third-order valence-electron chi connectivity index (χ3n) is 1.39. The number of aromatic nitrogens is 2. The molecule has 9 nitrogen and oxygen atoms in total. The molecule has 6 N–H and O–H groups in total. The maximum absolute atomic E-state index is 10.7. The Morgan fingerprint density at radius 3 is 2.07 bits per heavy atom. The smallest absolute Gasteiger partial charge is 0.320 e. The van der Waals surface area contributed by atoms with Crippen LogP contribution in [0.25, 0.3) is 0 Å². The van der Waals surface area contributed by atoms with Crippen LogP contribution in [0, 0.1) is 0 Å². The minimum Gasteiger partial charge on any atom is -0.390 e. The van der Waals surface area contributed by atoms with Gasteiger partial charge in [0.15, 0.2) is 0 Å². The molecule has 1 aromatic heterocycles. The zero-order chi connectivity index (χ0) is 11.4. The number of hydrogen-bond donors (Lipinski definition) is 3. The van der Waals surface area contributed by atoms with Gasteiger partial charge in [0.1, 0.15) is 13.1 Å². The van der Waals surface area contributed by atoms with Crippen LogP contribution in [0.2, 0.25) is 0 Å². The number of primary amides is 2. The summed E-state index contributed by atoms with van der Waals surface area (Å²) in [7, 11) is 0. The lowest BCUT2D eigenvalue weighted by molar-refractivity contribution is -0.117. The van der Waals surface area contributed by atoms with Crippen LogP contribution >= 0.6 is 0 Å². The van der Waals surface area contributed by atoms with Crippen LogP contribution in [0.5, 0.6) is 0 Å². The van der Waals surface area contributed by atoms with E-state index in [0.29, 0.717) is 0 Å². The summed E-state index contributed by atoms with van der Waals surface area (Å²) in [5.41, 5.74) is 15.1. The molecule has 0 saturated heterocycles. The van der Waals surface area contributed by atoms with Gasteiger partial charge >= 0.3 is 12.0 Å². The lowest BCUT2D eigenvalue weighted by atomic mass is 10.4. The van der Waals surface area contributed by atoms with Crippen molar-refractivity contribution in [1.29, 1.82) is 0 Å². The molecule has 2 amide bonds. The van der Waals surface area contributed by atoms with Gasteiger partial charge in [-0.1, -0.05) is 10.2 Å². The number of hydrogen-bond acceptors (Lipinski definition) is 7. The van der Waals surface area contributed by atoms with Crippen molar-refractivity contribution in [3.05, 3.63) is 0 Å². The highest BCUT2D eigenvalue weighted by Crippen LogP contribution is 2.11. The standard InChI is InChI=1S/C6H10N6O3/c7-3(13)1-12(2-4(8)14)6-11-10-5(9)15-6/h1-2H2,(H2,7,13)(H2,8,14)(H2,9,10). The number of carbonyl (C=O) groups is 2. The van der Waals surface area contributed by atoms with E-state index in [-0.39, 0.29) is 25.1 Å². The molecule has 0 aliphatic heterocycles. The summed E-state index contributed by atoms with van der Waals surface area (Å²) in [6, 6.07) is -0.256. The molecule has 15 heavy (non-hydrogen) atoms. The summed E-state index contributed by atoms with van der Waals surface area (Å²) in [6.07, 6.45) is 0. The molecular weight excluding hydrogens is 204 g/mol. The van der Waals surface area contributed by atoms with E-state index in [1.807, 2.05) is 0 Å². The molecule has 1 heterocycles. The van der Waals surface area contributed by atoms with Crippen molar-refractivity contribution in [2.75, 3.05) is 23.7 Å². The summed E-state index contributed by atoms with van der Waals surface area (Å²) < 4.78 is 4.81. The molecule has 0 radical (unpaired) electrons. The molecule has 1 rings (SSSR count). The Morgan fingerprint density at radius 2 is 1.73 bits per heavy atom. The molecule has 0 bridgehead atoms. The van der Waals surface area contributed by atoms with Crippen LogP contribution in [0.3, 0.4) is 0 Å². The Kier molecular flexibility index (Phi) is 3.06. The lowest BCUT2D eigenvalue weighted by Crippen LogP contribution is -2.39. The van der Waals surface area contributed by atoms with E-state index in [1.54, 1.807) is 0 Å². The predicted molar refractivity (Wildman–Crippen MR) is 49.3 cm³/mol. The number of nitrogens with zero attached hydrogens (tertiary/aromatic N) is 3.